The maximum absolute atomic E-state index is 12.2. The molecule has 0 bridgehead atoms. The smallest absolute Gasteiger partial charge is 0.406 e. The summed E-state index contributed by atoms with van der Waals surface area (Å²) in [5.41, 5.74) is 2.19. The summed E-state index contributed by atoms with van der Waals surface area (Å²) in [4.78, 5) is 20.5. The topological polar surface area (TPSA) is 81.9 Å². The van der Waals surface area contributed by atoms with Crippen molar-refractivity contribution < 1.29 is 22.7 Å². The normalized spacial score (nSPS) is 11.3. The summed E-state index contributed by atoms with van der Waals surface area (Å²) in [5.74, 6) is -0.570. The predicted octanol–water partition coefficient (Wildman–Crippen LogP) is 3.43. The second-order valence-electron chi connectivity index (χ2n) is 5.64. The minimum Gasteiger partial charge on any atom is -0.406 e. The SMILES string of the molecule is Cc1cc(C)n(-c2ncc(NC(=O)c3ccc(OC(F)(F)F)cc3)cn2)n1. The molecule has 0 radical (unpaired) electrons. The number of nitrogens with zero attached hydrogens (tertiary/aromatic N) is 4. The van der Waals surface area contributed by atoms with Crippen molar-refractivity contribution >= 4 is 11.6 Å². The number of alkyl halides is 3. The molecule has 10 heteroatoms. The van der Waals surface area contributed by atoms with Gasteiger partial charge in [0.05, 0.1) is 23.8 Å². The van der Waals surface area contributed by atoms with E-state index in [1.165, 1.54) is 24.5 Å². The maximum atomic E-state index is 12.2. The fourth-order valence-corrected chi connectivity index (χ4v) is 2.34. The summed E-state index contributed by atoms with van der Waals surface area (Å²) < 4.78 is 41.8. The highest BCUT2D eigenvalue weighted by Crippen LogP contribution is 2.23. The van der Waals surface area contributed by atoms with E-state index in [0.29, 0.717) is 11.6 Å². The molecule has 0 atom stereocenters. The van der Waals surface area contributed by atoms with Crippen molar-refractivity contribution in [3.8, 4) is 11.7 Å². The molecule has 1 N–H and O–H groups in total. The zero-order valence-corrected chi connectivity index (χ0v) is 14.3. The summed E-state index contributed by atoms with van der Waals surface area (Å²) >= 11 is 0. The minimum atomic E-state index is -4.78. The van der Waals surface area contributed by atoms with Crippen LogP contribution in [0.5, 0.6) is 5.75 Å². The summed E-state index contributed by atoms with van der Waals surface area (Å²) in [6.07, 6.45) is -1.95. The number of hydrogen-bond donors (Lipinski definition) is 1. The van der Waals surface area contributed by atoms with Crippen LogP contribution in [-0.4, -0.2) is 32.0 Å². The fourth-order valence-electron chi connectivity index (χ4n) is 2.34. The molecule has 2 heterocycles. The monoisotopic (exact) mass is 377 g/mol. The molecule has 1 aromatic carbocycles. The van der Waals surface area contributed by atoms with E-state index in [1.807, 2.05) is 19.9 Å². The number of aromatic nitrogens is 4. The first-order valence-corrected chi connectivity index (χ1v) is 7.74. The van der Waals surface area contributed by atoms with Crippen LogP contribution in [0, 0.1) is 13.8 Å². The van der Waals surface area contributed by atoms with Gasteiger partial charge in [0.2, 0.25) is 0 Å². The van der Waals surface area contributed by atoms with Gasteiger partial charge in [-0.25, -0.2) is 14.6 Å². The van der Waals surface area contributed by atoms with Gasteiger partial charge in [-0.1, -0.05) is 0 Å². The zero-order chi connectivity index (χ0) is 19.6. The van der Waals surface area contributed by atoms with E-state index in [1.54, 1.807) is 4.68 Å². The Morgan fingerprint density at radius 3 is 2.26 bits per heavy atom. The van der Waals surface area contributed by atoms with Gasteiger partial charge in [0, 0.05) is 11.3 Å². The summed E-state index contributed by atoms with van der Waals surface area (Å²) in [6, 6.07) is 6.45. The van der Waals surface area contributed by atoms with Crippen LogP contribution in [0.25, 0.3) is 5.95 Å². The van der Waals surface area contributed by atoms with Crippen LogP contribution in [0.4, 0.5) is 18.9 Å². The molecule has 0 unspecified atom stereocenters. The van der Waals surface area contributed by atoms with Gasteiger partial charge in [0.25, 0.3) is 11.9 Å². The molecule has 140 valence electrons. The van der Waals surface area contributed by atoms with Crippen LogP contribution < -0.4 is 10.1 Å². The van der Waals surface area contributed by atoms with Crippen molar-refractivity contribution in [2.75, 3.05) is 5.32 Å². The van der Waals surface area contributed by atoms with E-state index in [4.69, 9.17) is 0 Å². The fraction of sp³-hybridized carbons (Fsp3) is 0.176. The van der Waals surface area contributed by atoms with E-state index in [9.17, 15) is 18.0 Å². The van der Waals surface area contributed by atoms with E-state index < -0.39 is 18.0 Å². The Hall–Kier alpha value is -3.43. The van der Waals surface area contributed by atoms with Crippen LogP contribution in [-0.2, 0) is 0 Å². The number of rotatable bonds is 4. The molecule has 0 aliphatic rings. The van der Waals surface area contributed by atoms with E-state index in [2.05, 4.69) is 25.1 Å². The summed E-state index contributed by atoms with van der Waals surface area (Å²) in [6.45, 7) is 3.72. The molecule has 2 aromatic heterocycles. The van der Waals surface area contributed by atoms with E-state index >= 15 is 0 Å². The van der Waals surface area contributed by atoms with E-state index in [0.717, 1.165) is 23.5 Å². The van der Waals surface area contributed by atoms with Crippen molar-refractivity contribution in [2.24, 2.45) is 0 Å². The third-order valence-electron chi connectivity index (χ3n) is 3.45. The average molecular weight is 377 g/mol. The average Bonchev–Trinajstić information content (AvgIpc) is 2.93. The molecule has 3 aromatic rings. The van der Waals surface area contributed by atoms with Gasteiger partial charge in [-0.15, -0.1) is 13.2 Å². The Kier molecular flexibility index (Phi) is 4.80. The number of benzene rings is 1. The lowest BCUT2D eigenvalue weighted by Gasteiger charge is -2.09. The van der Waals surface area contributed by atoms with Gasteiger partial charge in [-0.2, -0.15) is 5.10 Å². The number of aryl methyl sites for hydroxylation is 2. The zero-order valence-electron chi connectivity index (χ0n) is 14.3. The van der Waals surface area contributed by atoms with Crippen molar-refractivity contribution in [1.82, 2.24) is 19.7 Å². The molecule has 7 nitrogen and oxygen atoms in total. The number of hydrogen-bond acceptors (Lipinski definition) is 5. The summed E-state index contributed by atoms with van der Waals surface area (Å²) in [5, 5.41) is 6.83. The highest BCUT2D eigenvalue weighted by molar-refractivity contribution is 6.04. The number of halogens is 3. The molecule has 0 fully saturated rings. The first-order valence-electron chi connectivity index (χ1n) is 7.74. The van der Waals surface area contributed by atoms with Crippen LogP contribution in [0.3, 0.4) is 0 Å². The van der Waals surface area contributed by atoms with Crippen LogP contribution in [0.1, 0.15) is 21.7 Å². The van der Waals surface area contributed by atoms with Gasteiger partial charge >= 0.3 is 6.36 Å². The second-order valence-corrected chi connectivity index (χ2v) is 5.64. The minimum absolute atomic E-state index is 0.159. The molecule has 0 saturated carbocycles. The third-order valence-corrected chi connectivity index (χ3v) is 3.45. The number of amides is 1. The first kappa shape index (κ1) is 18.4. The van der Waals surface area contributed by atoms with Gasteiger partial charge in [0.1, 0.15) is 5.75 Å². The van der Waals surface area contributed by atoms with E-state index in [-0.39, 0.29) is 5.56 Å². The van der Waals surface area contributed by atoms with Gasteiger partial charge in [-0.05, 0) is 44.2 Å². The maximum Gasteiger partial charge on any atom is 0.573 e. The molecule has 1 amide bonds. The molecule has 3 rings (SSSR count). The molecule has 0 aliphatic heterocycles. The molecule has 0 spiro atoms. The van der Waals surface area contributed by atoms with Crippen molar-refractivity contribution in [1.29, 1.82) is 0 Å². The Bertz CT molecular complexity index is 950. The Balaban J connectivity index is 1.68. The van der Waals surface area contributed by atoms with Crippen molar-refractivity contribution in [3.05, 3.63) is 59.7 Å². The van der Waals surface area contributed by atoms with Crippen molar-refractivity contribution in [3.63, 3.8) is 0 Å². The summed E-state index contributed by atoms with van der Waals surface area (Å²) in [7, 11) is 0. The lowest BCUT2D eigenvalue weighted by molar-refractivity contribution is -0.274. The Morgan fingerprint density at radius 2 is 1.74 bits per heavy atom. The van der Waals surface area contributed by atoms with Gasteiger partial charge in [0.15, 0.2) is 0 Å². The lowest BCUT2D eigenvalue weighted by atomic mass is 10.2. The third kappa shape index (κ3) is 4.60. The number of anilines is 1. The van der Waals surface area contributed by atoms with Gasteiger partial charge < -0.3 is 10.1 Å². The Morgan fingerprint density at radius 1 is 1.11 bits per heavy atom. The standard InChI is InChI=1S/C17H14F3N5O2/c1-10-7-11(2)25(24-10)16-21-8-13(9-22-16)23-15(26)12-3-5-14(6-4-12)27-17(18,19)20/h3-9H,1-2H3,(H,23,26). The number of carbonyl (C=O) groups excluding carboxylic acids is 1. The van der Waals surface area contributed by atoms with Gasteiger partial charge in [-0.3, -0.25) is 4.79 Å². The molecular weight excluding hydrogens is 363 g/mol. The molecular formula is C17H14F3N5O2. The number of carbonyl (C=O) groups is 1. The lowest BCUT2D eigenvalue weighted by Crippen LogP contribution is -2.17. The number of nitrogens with one attached hydrogen (secondary N) is 1. The quantitative estimate of drug-likeness (QED) is 0.753. The van der Waals surface area contributed by atoms with Crippen LogP contribution in [0.2, 0.25) is 0 Å². The second kappa shape index (κ2) is 7.06. The molecule has 0 saturated heterocycles. The molecule has 27 heavy (non-hydrogen) atoms. The number of ether oxygens (including phenoxy) is 1. The highest BCUT2D eigenvalue weighted by Gasteiger charge is 2.31. The molecule has 0 aliphatic carbocycles. The van der Waals surface area contributed by atoms with Crippen molar-refractivity contribution in [2.45, 2.75) is 20.2 Å². The van der Waals surface area contributed by atoms with Crippen LogP contribution >= 0.6 is 0 Å². The highest BCUT2D eigenvalue weighted by atomic mass is 19.4. The van der Waals surface area contributed by atoms with Crippen LogP contribution in [0.15, 0.2) is 42.7 Å². The Labute approximate surface area is 151 Å². The predicted molar refractivity (Wildman–Crippen MR) is 89.7 cm³/mol. The largest absolute Gasteiger partial charge is 0.573 e. The first-order chi connectivity index (χ1) is 12.7.